The van der Waals surface area contributed by atoms with Gasteiger partial charge in [-0.2, -0.15) is 0 Å². The van der Waals surface area contributed by atoms with Gasteiger partial charge in [0.15, 0.2) is 0 Å². The van der Waals surface area contributed by atoms with Gasteiger partial charge in [-0.1, -0.05) is 26.7 Å². The summed E-state index contributed by atoms with van der Waals surface area (Å²) in [6.45, 7) is 8.06. The van der Waals surface area contributed by atoms with Gasteiger partial charge in [0.2, 0.25) is 0 Å². The average Bonchev–Trinajstić information content (AvgIpc) is 2.76. The molecule has 0 unspecified atom stereocenters. The van der Waals surface area contributed by atoms with Gasteiger partial charge in [0.25, 0.3) is 0 Å². The van der Waals surface area contributed by atoms with Crippen LogP contribution in [0.5, 0.6) is 0 Å². The SMILES string of the molecule is CCCO[Si](C)(NC1CCCC1)OCCC. The molecule has 0 spiro atoms. The lowest BCUT2D eigenvalue weighted by molar-refractivity contribution is 0.158. The fourth-order valence-corrected chi connectivity index (χ4v) is 4.63. The van der Waals surface area contributed by atoms with Crippen molar-refractivity contribution in [1.29, 1.82) is 0 Å². The van der Waals surface area contributed by atoms with Crippen LogP contribution in [0.15, 0.2) is 0 Å². The van der Waals surface area contributed by atoms with E-state index in [1.807, 2.05) is 0 Å². The fraction of sp³-hybridized carbons (Fsp3) is 1.00. The molecule has 0 aromatic carbocycles. The molecule has 0 aromatic rings. The summed E-state index contributed by atoms with van der Waals surface area (Å²) in [5.74, 6) is 0. The first-order valence-corrected chi connectivity index (χ1v) is 9.07. The van der Waals surface area contributed by atoms with Gasteiger partial charge in [-0.05, 0) is 32.2 Å². The van der Waals surface area contributed by atoms with E-state index in [2.05, 4.69) is 25.4 Å². The molecule has 1 aliphatic carbocycles. The molecule has 0 amide bonds. The molecule has 0 radical (unpaired) electrons. The fourth-order valence-electron chi connectivity index (χ4n) is 2.16. The van der Waals surface area contributed by atoms with Gasteiger partial charge < -0.3 is 8.85 Å². The molecule has 1 rings (SSSR count). The Morgan fingerprint density at radius 3 is 2.00 bits per heavy atom. The minimum Gasteiger partial charge on any atom is -0.383 e. The normalized spacial score (nSPS) is 18.2. The summed E-state index contributed by atoms with van der Waals surface area (Å²) in [5, 5.41) is 0. The van der Waals surface area contributed by atoms with Crippen LogP contribution in [0, 0.1) is 0 Å². The molecule has 1 N–H and O–H groups in total. The van der Waals surface area contributed by atoms with Gasteiger partial charge in [-0.25, -0.2) is 0 Å². The molecule has 16 heavy (non-hydrogen) atoms. The average molecular weight is 245 g/mol. The Hall–Kier alpha value is 0.0969. The van der Waals surface area contributed by atoms with Crippen molar-refractivity contribution in [1.82, 2.24) is 4.98 Å². The Kier molecular flexibility index (Phi) is 6.57. The molecule has 0 aliphatic heterocycles. The van der Waals surface area contributed by atoms with Crippen LogP contribution in [0.4, 0.5) is 0 Å². The number of nitrogens with one attached hydrogen (secondary N) is 1. The monoisotopic (exact) mass is 245 g/mol. The smallest absolute Gasteiger partial charge is 0.383 e. The van der Waals surface area contributed by atoms with Gasteiger partial charge in [0.05, 0.1) is 0 Å². The Bertz CT molecular complexity index is 176. The lowest BCUT2D eigenvalue weighted by Crippen LogP contribution is -2.57. The Balaban J connectivity index is 2.39. The summed E-state index contributed by atoms with van der Waals surface area (Å²) >= 11 is 0. The second-order valence-corrected chi connectivity index (χ2v) is 7.53. The minimum absolute atomic E-state index is 0.630. The predicted octanol–water partition coefficient (Wildman–Crippen LogP) is 2.94. The first-order valence-electron chi connectivity index (χ1n) is 6.75. The topological polar surface area (TPSA) is 30.5 Å². The van der Waals surface area contributed by atoms with E-state index < -0.39 is 8.72 Å². The lowest BCUT2D eigenvalue weighted by atomic mass is 10.3. The third-order valence-electron chi connectivity index (χ3n) is 2.98. The van der Waals surface area contributed by atoms with Crippen molar-refractivity contribution in [2.75, 3.05) is 13.2 Å². The zero-order valence-corrected chi connectivity index (χ0v) is 12.1. The van der Waals surface area contributed by atoms with E-state index in [0.717, 1.165) is 26.1 Å². The summed E-state index contributed by atoms with van der Waals surface area (Å²) in [6.07, 6.45) is 7.39. The van der Waals surface area contributed by atoms with E-state index in [1.54, 1.807) is 0 Å². The minimum atomic E-state index is -2.11. The maximum atomic E-state index is 5.95. The van der Waals surface area contributed by atoms with Crippen molar-refractivity contribution in [2.45, 2.75) is 65.0 Å². The highest BCUT2D eigenvalue weighted by atomic mass is 28.4. The van der Waals surface area contributed by atoms with E-state index >= 15 is 0 Å². The molecule has 3 nitrogen and oxygen atoms in total. The van der Waals surface area contributed by atoms with Crippen molar-refractivity contribution in [3.05, 3.63) is 0 Å². The van der Waals surface area contributed by atoms with E-state index in [-0.39, 0.29) is 0 Å². The van der Waals surface area contributed by atoms with Crippen molar-refractivity contribution >= 4 is 8.72 Å². The van der Waals surface area contributed by atoms with E-state index in [4.69, 9.17) is 8.85 Å². The van der Waals surface area contributed by atoms with Gasteiger partial charge in [0.1, 0.15) is 0 Å². The zero-order chi connectivity index (χ0) is 11.9. The van der Waals surface area contributed by atoms with E-state index in [1.165, 1.54) is 25.7 Å². The molecule has 1 aliphatic rings. The number of hydrogen-bond acceptors (Lipinski definition) is 3. The maximum Gasteiger partial charge on any atom is 0.422 e. The van der Waals surface area contributed by atoms with Crippen LogP contribution in [-0.2, 0) is 8.85 Å². The quantitative estimate of drug-likeness (QED) is 0.667. The van der Waals surface area contributed by atoms with Gasteiger partial charge >= 0.3 is 8.72 Å². The van der Waals surface area contributed by atoms with Crippen LogP contribution < -0.4 is 4.98 Å². The summed E-state index contributed by atoms with van der Waals surface area (Å²) in [5.41, 5.74) is 0. The van der Waals surface area contributed by atoms with Gasteiger partial charge in [-0.3, -0.25) is 4.98 Å². The molecule has 0 bridgehead atoms. The Labute approximate surface area is 101 Å². The van der Waals surface area contributed by atoms with Crippen molar-refractivity contribution in [3.63, 3.8) is 0 Å². The van der Waals surface area contributed by atoms with Gasteiger partial charge in [0, 0.05) is 19.3 Å². The van der Waals surface area contributed by atoms with Crippen molar-refractivity contribution < 1.29 is 8.85 Å². The van der Waals surface area contributed by atoms with Crippen LogP contribution in [0.2, 0.25) is 6.55 Å². The molecule has 0 saturated heterocycles. The second-order valence-electron chi connectivity index (χ2n) is 4.77. The molecule has 0 heterocycles. The Morgan fingerprint density at radius 1 is 1.06 bits per heavy atom. The third-order valence-corrected chi connectivity index (χ3v) is 5.43. The molecule has 96 valence electrons. The summed E-state index contributed by atoms with van der Waals surface area (Å²) in [4.78, 5) is 3.66. The standard InChI is InChI=1S/C12H27NO2Si/c1-4-10-14-16(3,15-11-5-2)13-12-8-6-7-9-12/h12-13H,4-11H2,1-3H3. The van der Waals surface area contributed by atoms with E-state index in [0.29, 0.717) is 6.04 Å². The molecular formula is C12H27NO2Si. The zero-order valence-electron chi connectivity index (χ0n) is 11.1. The highest BCUT2D eigenvalue weighted by molar-refractivity contribution is 6.63. The largest absolute Gasteiger partial charge is 0.422 e. The highest BCUT2D eigenvalue weighted by Crippen LogP contribution is 2.20. The highest BCUT2D eigenvalue weighted by Gasteiger charge is 2.35. The van der Waals surface area contributed by atoms with E-state index in [9.17, 15) is 0 Å². The lowest BCUT2D eigenvalue weighted by Gasteiger charge is -2.30. The molecule has 1 saturated carbocycles. The van der Waals surface area contributed by atoms with Crippen LogP contribution in [0.3, 0.4) is 0 Å². The summed E-state index contributed by atoms with van der Waals surface area (Å²) in [6, 6.07) is 0.630. The van der Waals surface area contributed by atoms with Crippen molar-refractivity contribution in [3.8, 4) is 0 Å². The summed E-state index contributed by atoms with van der Waals surface area (Å²) < 4.78 is 11.9. The summed E-state index contributed by atoms with van der Waals surface area (Å²) in [7, 11) is -2.11. The number of hydrogen-bond donors (Lipinski definition) is 1. The second kappa shape index (κ2) is 7.43. The number of rotatable bonds is 8. The first kappa shape index (κ1) is 14.2. The predicted molar refractivity (Wildman–Crippen MR) is 69.5 cm³/mol. The Morgan fingerprint density at radius 2 is 1.56 bits per heavy atom. The molecule has 0 aromatic heterocycles. The molecule has 1 fully saturated rings. The van der Waals surface area contributed by atoms with Crippen LogP contribution >= 0.6 is 0 Å². The third kappa shape index (κ3) is 4.95. The van der Waals surface area contributed by atoms with Gasteiger partial charge in [-0.15, -0.1) is 0 Å². The van der Waals surface area contributed by atoms with Crippen molar-refractivity contribution in [2.24, 2.45) is 0 Å². The first-order chi connectivity index (χ1) is 7.70. The molecule has 0 atom stereocenters. The van der Waals surface area contributed by atoms with Crippen LogP contribution in [0.1, 0.15) is 52.4 Å². The maximum absolute atomic E-state index is 5.95. The molecular weight excluding hydrogens is 218 g/mol. The van der Waals surface area contributed by atoms with Crippen LogP contribution in [-0.4, -0.2) is 28.0 Å². The van der Waals surface area contributed by atoms with Crippen LogP contribution in [0.25, 0.3) is 0 Å². The molecule has 4 heteroatoms.